The van der Waals surface area contributed by atoms with E-state index in [4.69, 9.17) is 5.73 Å². The number of thiophene rings is 1. The summed E-state index contributed by atoms with van der Waals surface area (Å²) >= 11 is 1.84. The van der Waals surface area contributed by atoms with Crippen molar-refractivity contribution in [1.82, 2.24) is 10.2 Å². The molecule has 1 aliphatic heterocycles. The molecule has 1 aromatic heterocycles. The molecule has 1 aromatic rings. The minimum Gasteiger partial charge on any atom is -0.370 e. The van der Waals surface area contributed by atoms with Crippen molar-refractivity contribution >= 4 is 41.3 Å². The zero-order valence-electron chi connectivity index (χ0n) is 13.8. The van der Waals surface area contributed by atoms with E-state index in [2.05, 4.69) is 53.5 Å². The molecule has 0 aliphatic carbocycles. The second-order valence-electron chi connectivity index (χ2n) is 6.92. The van der Waals surface area contributed by atoms with Crippen LogP contribution in [0.25, 0.3) is 0 Å². The average molecular weight is 436 g/mol. The summed E-state index contributed by atoms with van der Waals surface area (Å²) in [5.74, 6) is 1.19. The summed E-state index contributed by atoms with van der Waals surface area (Å²) in [7, 11) is 0. The van der Waals surface area contributed by atoms with Gasteiger partial charge in [0, 0.05) is 30.1 Å². The van der Waals surface area contributed by atoms with Gasteiger partial charge in [0.2, 0.25) is 0 Å². The Morgan fingerprint density at radius 2 is 2.27 bits per heavy atom. The van der Waals surface area contributed by atoms with E-state index in [0.717, 1.165) is 19.6 Å². The van der Waals surface area contributed by atoms with Crippen LogP contribution in [0.5, 0.6) is 0 Å². The van der Waals surface area contributed by atoms with Gasteiger partial charge in [-0.2, -0.15) is 0 Å². The molecule has 4 nitrogen and oxygen atoms in total. The fourth-order valence-corrected chi connectivity index (χ4v) is 3.46. The van der Waals surface area contributed by atoms with Crippen LogP contribution in [0.15, 0.2) is 22.5 Å². The van der Waals surface area contributed by atoms with Gasteiger partial charge in [0.05, 0.1) is 0 Å². The van der Waals surface area contributed by atoms with E-state index in [1.54, 1.807) is 0 Å². The van der Waals surface area contributed by atoms with Crippen LogP contribution in [-0.4, -0.2) is 36.0 Å². The van der Waals surface area contributed by atoms with E-state index in [-0.39, 0.29) is 29.5 Å². The third-order valence-corrected chi connectivity index (χ3v) is 4.45. The van der Waals surface area contributed by atoms with Gasteiger partial charge in [-0.3, -0.25) is 9.89 Å². The predicted molar refractivity (Wildman–Crippen MR) is 107 cm³/mol. The highest BCUT2D eigenvalue weighted by atomic mass is 127. The first kappa shape index (κ1) is 19.7. The summed E-state index contributed by atoms with van der Waals surface area (Å²) in [5, 5.41) is 5.37. The van der Waals surface area contributed by atoms with Gasteiger partial charge in [-0.15, -0.1) is 35.3 Å². The van der Waals surface area contributed by atoms with Crippen LogP contribution in [0.2, 0.25) is 0 Å². The predicted octanol–water partition coefficient (Wildman–Crippen LogP) is 3.28. The lowest BCUT2D eigenvalue weighted by atomic mass is 9.98. The van der Waals surface area contributed by atoms with Gasteiger partial charge < -0.3 is 11.1 Å². The standard InChI is InChI=1S/C16H28N4S.HI/c1-16(2,3)19-15(17)18-10-13-6-4-8-20(11-13)12-14-7-5-9-21-14;/h5,7,9,13H,4,6,8,10-12H2,1-3H3,(H3,17,18,19);1H. The number of rotatable bonds is 4. The molecule has 0 radical (unpaired) electrons. The molecule has 126 valence electrons. The number of hydrogen-bond donors (Lipinski definition) is 2. The minimum atomic E-state index is -0.0225. The van der Waals surface area contributed by atoms with E-state index in [1.807, 2.05) is 11.3 Å². The molecule has 1 fully saturated rings. The van der Waals surface area contributed by atoms with Crippen LogP contribution >= 0.6 is 35.3 Å². The van der Waals surface area contributed by atoms with Crippen LogP contribution in [0.4, 0.5) is 0 Å². The SMILES string of the molecule is CC(C)(C)NC(N)=NCC1CCCN(Cc2cccs2)C1.I. The summed E-state index contributed by atoms with van der Waals surface area (Å²) in [5.41, 5.74) is 5.93. The Bertz CT molecular complexity index is 453. The summed E-state index contributed by atoms with van der Waals surface area (Å²) in [6.07, 6.45) is 2.52. The van der Waals surface area contributed by atoms with Crippen molar-refractivity contribution in [2.75, 3.05) is 19.6 Å². The Labute approximate surface area is 155 Å². The molecule has 0 bridgehead atoms. The van der Waals surface area contributed by atoms with Gasteiger partial charge in [-0.25, -0.2) is 0 Å². The number of likely N-dealkylation sites (tertiary alicyclic amines) is 1. The van der Waals surface area contributed by atoms with Gasteiger partial charge in [-0.05, 0) is 57.5 Å². The number of piperidine rings is 1. The Morgan fingerprint density at radius 1 is 1.50 bits per heavy atom. The number of aliphatic imine (C=N–C) groups is 1. The lowest BCUT2D eigenvalue weighted by Gasteiger charge is -2.31. The molecule has 0 spiro atoms. The zero-order chi connectivity index (χ0) is 15.3. The van der Waals surface area contributed by atoms with Crippen molar-refractivity contribution in [2.45, 2.75) is 45.7 Å². The van der Waals surface area contributed by atoms with Crippen molar-refractivity contribution in [1.29, 1.82) is 0 Å². The number of nitrogens with zero attached hydrogens (tertiary/aromatic N) is 2. The highest BCUT2D eigenvalue weighted by Gasteiger charge is 2.20. The topological polar surface area (TPSA) is 53.6 Å². The molecule has 6 heteroatoms. The lowest BCUT2D eigenvalue weighted by Crippen LogP contribution is -2.45. The molecular formula is C16H29IN4S. The largest absolute Gasteiger partial charge is 0.370 e. The molecule has 2 rings (SSSR count). The average Bonchev–Trinajstić information content (AvgIpc) is 2.88. The summed E-state index contributed by atoms with van der Waals surface area (Å²) in [4.78, 5) is 8.52. The first-order chi connectivity index (χ1) is 9.92. The molecule has 0 amide bonds. The molecule has 2 heterocycles. The van der Waals surface area contributed by atoms with Gasteiger partial charge >= 0.3 is 0 Å². The van der Waals surface area contributed by atoms with Crippen molar-refractivity contribution in [3.05, 3.63) is 22.4 Å². The number of guanidine groups is 1. The maximum atomic E-state index is 5.95. The van der Waals surface area contributed by atoms with Crippen LogP contribution in [-0.2, 0) is 6.54 Å². The molecule has 22 heavy (non-hydrogen) atoms. The van der Waals surface area contributed by atoms with Crippen LogP contribution in [0.1, 0.15) is 38.5 Å². The lowest BCUT2D eigenvalue weighted by molar-refractivity contribution is 0.172. The van der Waals surface area contributed by atoms with Gasteiger partial charge in [0.15, 0.2) is 5.96 Å². The second-order valence-corrected chi connectivity index (χ2v) is 7.96. The summed E-state index contributed by atoms with van der Waals surface area (Å²) in [6.45, 7) is 10.5. The number of hydrogen-bond acceptors (Lipinski definition) is 3. The fourth-order valence-electron chi connectivity index (χ4n) is 2.72. The Balaban J connectivity index is 0.00000242. The first-order valence-corrected chi connectivity index (χ1v) is 8.63. The molecule has 1 unspecified atom stereocenters. The molecule has 0 saturated carbocycles. The maximum absolute atomic E-state index is 5.95. The minimum absolute atomic E-state index is 0. The Morgan fingerprint density at radius 3 is 2.91 bits per heavy atom. The highest BCUT2D eigenvalue weighted by molar-refractivity contribution is 14.0. The van der Waals surface area contributed by atoms with Crippen molar-refractivity contribution < 1.29 is 0 Å². The number of nitrogens with two attached hydrogens (primary N) is 1. The zero-order valence-corrected chi connectivity index (χ0v) is 17.0. The van der Waals surface area contributed by atoms with Crippen LogP contribution in [0.3, 0.4) is 0 Å². The van der Waals surface area contributed by atoms with E-state index < -0.39 is 0 Å². The molecule has 1 aliphatic rings. The summed E-state index contributed by atoms with van der Waals surface area (Å²) in [6, 6.07) is 4.35. The molecule has 0 aromatic carbocycles. The smallest absolute Gasteiger partial charge is 0.188 e. The van der Waals surface area contributed by atoms with Gasteiger partial charge in [-0.1, -0.05) is 6.07 Å². The molecule has 1 atom stereocenters. The fraction of sp³-hybridized carbons (Fsp3) is 0.688. The van der Waals surface area contributed by atoms with E-state index in [0.29, 0.717) is 11.9 Å². The highest BCUT2D eigenvalue weighted by Crippen LogP contribution is 2.20. The number of halogens is 1. The third kappa shape index (κ3) is 7.28. The third-order valence-electron chi connectivity index (χ3n) is 3.59. The molecule has 1 saturated heterocycles. The van der Waals surface area contributed by atoms with Crippen molar-refractivity contribution in [3.63, 3.8) is 0 Å². The van der Waals surface area contributed by atoms with E-state index >= 15 is 0 Å². The van der Waals surface area contributed by atoms with E-state index in [9.17, 15) is 0 Å². The normalized spacial score (nSPS) is 20.5. The Kier molecular flexibility index (Phi) is 8.13. The second kappa shape index (κ2) is 9.08. The maximum Gasteiger partial charge on any atom is 0.188 e. The monoisotopic (exact) mass is 436 g/mol. The molecule has 3 N–H and O–H groups in total. The van der Waals surface area contributed by atoms with Crippen LogP contribution < -0.4 is 11.1 Å². The van der Waals surface area contributed by atoms with Crippen molar-refractivity contribution in [3.8, 4) is 0 Å². The quantitative estimate of drug-likeness (QED) is 0.433. The van der Waals surface area contributed by atoms with Crippen molar-refractivity contribution in [2.24, 2.45) is 16.6 Å². The summed E-state index contributed by atoms with van der Waals surface area (Å²) < 4.78 is 0. The van der Waals surface area contributed by atoms with Crippen LogP contribution in [0, 0.1) is 5.92 Å². The first-order valence-electron chi connectivity index (χ1n) is 7.75. The number of nitrogens with one attached hydrogen (secondary N) is 1. The van der Waals surface area contributed by atoms with E-state index in [1.165, 1.54) is 24.3 Å². The Hall–Kier alpha value is -0.340. The molecular weight excluding hydrogens is 407 g/mol. The van der Waals surface area contributed by atoms with Gasteiger partial charge in [0.25, 0.3) is 0 Å². The van der Waals surface area contributed by atoms with Gasteiger partial charge in [0.1, 0.15) is 0 Å².